The largest absolute Gasteiger partial charge is 0.489 e. The van der Waals surface area contributed by atoms with E-state index < -0.39 is 0 Å². The van der Waals surface area contributed by atoms with E-state index in [-0.39, 0.29) is 5.41 Å². The van der Waals surface area contributed by atoms with Crippen LogP contribution < -0.4 is 4.74 Å². The Labute approximate surface area is 128 Å². The van der Waals surface area contributed by atoms with Crippen molar-refractivity contribution in [1.29, 1.82) is 0 Å². The molecule has 0 radical (unpaired) electrons. The Morgan fingerprint density at radius 2 is 1.79 bits per heavy atom. The molecule has 2 atom stereocenters. The van der Waals surface area contributed by atoms with Gasteiger partial charge in [-0.2, -0.15) is 0 Å². The predicted molar refractivity (Wildman–Crippen MR) is 83.0 cm³/mol. The maximum Gasteiger partial charge on any atom is 0.133 e. The van der Waals surface area contributed by atoms with Gasteiger partial charge in [-0.3, -0.25) is 0 Å². The molecule has 2 aliphatic carbocycles. The van der Waals surface area contributed by atoms with Crippen LogP contribution in [-0.4, -0.2) is 11.5 Å². The van der Waals surface area contributed by atoms with E-state index in [1.165, 1.54) is 38.5 Å². The second-order valence-corrected chi connectivity index (χ2v) is 7.27. The van der Waals surface area contributed by atoms with Gasteiger partial charge in [-0.05, 0) is 40.9 Å². The smallest absolute Gasteiger partial charge is 0.133 e. The third-order valence-corrected chi connectivity index (χ3v) is 6.09. The minimum atomic E-state index is 0.230. The van der Waals surface area contributed by atoms with E-state index in [2.05, 4.69) is 15.9 Å². The molecular weight excluding hydrogens is 324 g/mol. The molecule has 19 heavy (non-hydrogen) atoms. The molecule has 1 aromatic carbocycles. The third kappa shape index (κ3) is 2.54. The van der Waals surface area contributed by atoms with Crippen LogP contribution in [0.25, 0.3) is 0 Å². The SMILES string of the molecule is ClC1CC(Oc2ccccc2Br)C12CCCCCC2. The average Bonchev–Trinajstić information content (AvgIpc) is 2.68. The maximum absolute atomic E-state index is 6.57. The highest BCUT2D eigenvalue weighted by atomic mass is 79.9. The highest BCUT2D eigenvalue weighted by molar-refractivity contribution is 9.10. The summed E-state index contributed by atoms with van der Waals surface area (Å²) in [6.07, 6.45) is 9.07. The highest BCUT2D eigenvalue weighted by Crippen LogP contribution is 2.55. The average molecular weight is 344 g/mol. The number of hydrogen-bond acceptors (Lipinski definition) is 1. The molecule has 1 nitrogen and oxygen atoms in total. The Morgan fingerprint density at radius 3 is 2.42 bits per heavy atom. The topological polar surface area (TPSA) is 9.23 Å². The Hall–Kier alpha value is -0.210. The summed E-state index contributed by atoms with van der Waals surface area (Å²) in [6.45, 7) is 0. The van der Waals surface area contributed by atoms with Crippen molar-refractivity contribution in [1.82, 2.24) is 0 Å². The first-order valence-electron chi connectivity index (χ1n) is 7.28. The van der Waals surface area contributed by atoms with Gasteiger partial charge in [-0.25, -0.2) is 0 Å². The van der Waals surface area contributed by atoms with Crippen LogP contribution in [0.3, 0.4) is 0 Å². The second-order valence-electron chi connectivity index (χ2n) is 5.89. The second kappa shape index (κ2) is 5.65. The van der Waals surface area contributed by atoms with E-state index in [1.807, 2.05) is 24.3 Å². The molecule has 0 bridgehead atoms. The van der Waals surface area contributed by atoms with Crippen LogP contribution in [0.2, 0.25) is 0 Å². The minimum Gasteiger partial charge on any atom is -0.489 e. The van der Waals surface area contributed by atoms with Crippen molar-refractivity contribution >= 4 is 27.5 Å². The van der Waals surface area contributed by atoms with Crippen molar-refractivity contribution in [2.45, 2.75) is 56.4 Å². The predicted octanol–water partition coefficient (Wildman–Crippen LogP) is 5.55. The first-order chi connectivity index (χ1) is 9.22. The Bertz CT molecular complexity index is 440. The summed E-state index contributed by atoms with van der Waals surface area (Å²) < 4.78 is 7.31. The summed E-state index contributed by atoms with van der Waals surface area (Å²) in [5.41, 5.74) is 0.230. The van der Waals surface area contributed by atoms with Gasteiger partial charge in [0.1, 0.15) is 11.9 Å². The lowest BCUT2D eigenvalue weighted by Gasteiger charge is -2.53. The van der Waals surface area contributed by atoms with Crippen molar-refractivity contribution in [3.63, 3.8) is 0 Å². The van der Waals surface area contributed by atoms with Crippen LogP contribution in [0.15, 0.2) is 28.7 Å². The first kappa shape index (κ1) is 13.8. The zero-order chi connectivity index (χ0) is 13.3. The maximum atomic E-state index is 6.57. The van der Waals surface area contributed by atoms with Crippen LogP contribution in [0.5, 0.6) is 5.75 Å². The first-order valence-corrected chi connectivity index (χ1v) is 8.50. The van der Waals surface area contributed by atoms with Gasteiger partial charge in [0.25, 0.3) is 0 Å². The Morgan fingerprint density at radius 1 is 1.11 bits per heavy atom. The molecule has 2 saturated carbocycles. The standard InChI is InChI=1S/C16H20BrClO/c17-12-7-3-4-8-13(12)19-15-11-14(18)16(15)9-5-1-2-6-10-16/h3-4,7-8,14-15H,1-2,5-6,9-11H2. The van der Waals surface area contributed by atoms with Gasteiger partial charge in [0, 0.05) is 17.2 Å². The number of halogens is 2. The van der Waals surface area contributed by atoms with Gasteiger partial charge in [0.15, 0.2) is 0 Å². The number of benzene rings is 1. The summed E-state index contributed by atoms with van der Waals surface area (Å²) in [5, 5.41) is 0.304. The quantitative estimate of drug-likeness (QED) is 0.640. The molecule has 2 aliphatic rings. The monoisotopic (exact) mass is 342 g/mol. The van der Waals surface area contributed by atoms with Crippen molar-refractivity contribution in [3.05, 3.63) is 28.7 Å². The van der Waals surface area contributed by atoms with Gasteiger partial charge in [0.2, 0.25) is 0 Å². The molecule has 0 aliphatic heterocycles. The van der Waals surface area contributed by atoms with Crippen LogP contribution >= 0.6 is 27.5 Å². The van der Waals surface area contributed by atoms with Gasteiger partial charge < -0.3 is 4.74 Å². The lowest BCUT2D eigenvalue weighted by molar-refractivity contribution is -0.0516. The van der Waals surface area contributed by atoms with Crippen molar-refractivity contribution in [3.8, 4) is 5.75 Å². The Kier molecular flexibility index (Phi) is 4.09. The summed E-state index contributed by atoms with van der Waals surface area (Å²) in [4.78, 5) is 0. The van der Waals surface area contributed by atoms with Gasteiger partial charge in [-0.15, -0.1) is 11.6 Å². The fourth-order valence-electron chi connectivity index (χ4n) is 3.58. The minimum absolute atomic E-state index is 0.230. The molecule has 0 heterocycles. The van der Waals surface area contributed by atoms with Crippen LogP contribution in [0, 0.1) is 5.41 Å². The van der Waals surface area contributed by atoms with Gasteiger partial charge in [-0.1, -0.05) is 37.8 Å². The molecule has 1 aromatic rings. The van der Waals surface area contributed by atoms with E-state index in [4.69, 9.17) is 16.3 Å². The van der Waals surface area contributed by atoms with Crippen LogP contribution in [-0.2, 0) is 0 Å². The highest BCUT2D eigenvalue weighted by Gasteiger charge is 2.55. The number of para-hydroxylation sites is 1. The molecule has 0 N–H and O–H groups in total. The fourth-order valence-corrected chi connectivity index (χ4v) is 4.48. The molecule has 3 heteroatoms. The number of alkyl halides is 1. The molecule has 104 valence electrons. The zero-order valence-electron chi connectivity index (χ0n) is 11.1. The van der Waals surface area contributed by atoms with E-state index >= 15 is 0 Å². The van der Waals surface area contributed by atoms with Crippen LogP contribution in [0.1, 0.15) is 44.9 Å². The van der Waals surface area contributed by atoms with E-state index in [0.717, 1.165) is 16.6 Å². The summed E-state index contributed by atoms with van der Waals surface area (Å²) in [6, 6.07) is 8.11. The zero-order valence-corrected chi connectivity index (χ0v) is 13.4. The van der Waals surface area contributed by atoms with Crippen LogP contribution in [0.4, 0.5) is 0 Å². The van der Waals surface area contributed by atoms with Crippen molar-refractivity contribution in [2.75, 3.05) is 0 Å². The molecule has 0 amide bonds. The normalized spacial score (nSPS) is 29.6. The molecule has 2 fully saturated rings. The number of hydrogen-bond donors (Lipinski definition) is 0. The molecular formula is C16H20BrClO. The lowest BCUT2D eigenvalue weighted by Crippen LogP contribution is -2.57. The molecule has 0 aromatic heterocycles. The van der Waals surface area contributed by atoms with Crippen molar-refractivity contribution in [2.24, 2.45) is 5.41 Å². The molecule has 2 unspecified atom stereocenters. The van der Waals surface area contributed by atoms with Crippen molar-refractivity contribution < 1.29 is 4.74 Å². The Balaban J connectivity index is 1.76. The molecule has 3 rings (SSSR count). The van der Waals surface area contributed by atoms with E-state index in [0.29, 0.717) is 11.5 Å². The van der Waals surface area contributed by atoms with Gasteiger partial charge in [0.05, 0.1) is 4.47 Å². The lowest BCUT2D eigenvalue weighted by atomic mass is 9.61. The number of ether oxygens (including phenoxy) is 1. The fraction of sp³-hybridized carbons (Fsp3) is 0.625. The van der Waals surface area contributed by atoms with E-state index in [9.17, 15) is 0 Å². The van der Waals surface area contributed by atoms with E-state index in [1.54, 1.807) is 0 Å². The number of rotatable bonds is 2. The third-order valence-electron chi connectivity index (χ3n) is 4.83. The molecule has 0 saturated heterocycles. The molecule has 1 spiro atoms. The summed E-state index contributed by atoms with van der Waals surface area (Å²) in [7, 11) is 0. The van der Waals surface area contributed by atoms with Gasteiger partial charge >= 0.3 is 0 Å². The summed E-state index contributed by atoms with van der Waals surface area (Å²) in [5.74, 6) is 0.958. The summed E-state index contributed by atoms with van der Waals surface area (Å²) >= 11 is 10.1.